The van der Waals surface area contributed by atoms with E-state index in [-0.39, 0.29) is 5.92 Å². The Morgan fingerprint density at radius 2 is 1.91 bits per heavy atom. The zero-order chi connectivity index (χ0) is 8.69. The van der Waals surface area contributed by atoms with Gasteiger partial charge in [0.1, 0.15) is 5.78 Å². The van der Waals surface area contributed by atoms with E-state index >= 15 is 0 Å². The number of rotatable bonds is 6. The van der Waals surface area contributed by atoms with Crippen molar-refractivity contribution in [2.24, 2.45) is 5.92 Å². The van der Waals surface area contributed by atoms with Gasteiger partial charge in [0.15, 0.2) is 0 Å². The van der Waals surface area contributed by atoms with E-state index in [1.54, 1.807) is 0 Å². The van der Waals surface area contributed by atoms with E-state index in [1.165, 1.54) is 12.8 Å². The van der Waals surface area contributed by atoms with Gasteiger partial charge >= 0.3 is 0 Å². The SMILES string of the molecule is CCCCCC(=O)C(C)CC. The fraction of sp³-hybridized carbons (Fsp3) is 0.900. The molecule has 0 aromatic rings. The molecule has 0 saturated carbocycles. The van der Waals surface area contributed by atoms with Crippen LogP contribution < -0.4 is 0 Å². The minimum absolute atomic E-state index is 0.284. The Bertz CT molecular complexity index is 107. The first-order valence-corrected chi connectivity index (χ1v) is 4.75. The highest BCUT2D eigenvalue weighted by Gasteiger charge is 2.08. The highest BCUT2D eigenvalue weighted by atomic mass is 16.1. The Labute approximate surface area is 70.2 Å². The van der Waals surface area contributed by atoms with Crippen LogP contribution in [0, 0.1) is 5.92 Å². The van der Waals surface area contributed by atoms with E-state index in [9.17, 15) is 4.79 Å². The molecule has 0 aliphatic heterocycles. The monoisotopic (exact) mass is 156 g/mol. The quantitative estimate of drug-likeness (QED) is 0.540. The summed E-state index contributed by atoms with van der Waals surface area (Å²) in [4.78, 5) is 11.2. The summed E-state index contributed by atoms with van der Waals surface area (Å²) < 4.78 is 0. The molecule has 1 heteroatoms. The molecule has 0 fully saturated rings. The van der Waals surface area contributed by atoms with Gasteiger partial charge in [-0.25, -0.2) is 0 Å². The van der Waals surface area contributed by atoms with Crippen molar-refractivity contribution in [1.29, 1.82) is 0 Å². The summed E-state index contributed by atoms with van der Waals surface area (Å²) in [5.41, 5.74) is 0. The second-order valence-electron chi connectivity index (χ2n) is 3.23. The molecule has 1 atom stereocenters. The van der Waals surface area contributed by atoms with Crippen LogP contribution in [0.15, 0.2) is 0 Å². The summed E-state index contributed by atoms with van der Waals surface area (Å²) in [7, 11) is 0. The summed E-state index contributed by atoms with van der Waals surface area (Å²) in [5.74, 6) is 0.729. The summed E-state index contributed by atoms with van der Waals surface area (Å²) in [6.07, 6.45) is 5.27. The maximum Gasteiger partial charge on any atom is 0.135 e. The molecule has 0 bridgehead atoms. The number of ketones is 1. The minimum atomic E-state index is 0.284. The lowest BCUT2D eigenvalue weighted by Crippen LogP contribution is -2.08. The van der Waals surface area contributed by atoms with Crippen LogP contribution in [0.4, 0.5) is 0 Å². The summed E-state index contributed by atoms with van der Waals surface area (Å²) in [5, 5.41) is 0. The topological polar surface area (TPSA) is 17.1 Å². The molecule has 11 heavy (non-hydrogen) atoms. The Kier molecular flexibility index (Phi) is 6.19. The zero-order valence-electron chi connectivity index (χ0n) is 8.02. The van der Waals surface area contributed by atoms with Gasteiger partial charge in [-0.2, -0.15) is 0 Å². The first kappa shape index (κ1) is 10.7. The minimum Gasteiger partial charge on any atom is -0.299 e. The predicted molar refractivity (Wildman–Crippen MR) is 48.6 cm³/mol. The standard InChI is InChI=1S/C10H20O/c1-4-6-7-8-10(11)9(3)5-2/h9H,4-8H2,1-3H3. The zero-order valence-corrected chi connectivity index (χ0v) is 8.02. The number of hydrogen-bond acceptors (Lipinski definition) is 1. The number of unbranched alkanes of at least 4 members (excludes halogenated alkanes) is 2. The van der Waals surface area contributed by atoms with Crippen molar-refractivity contribution >= 4 is 5.78 Å². The lowest BCUT2D eigenvalue weighted by atomic mass is 9.99. The van der Waals surface area contributed by atoms with Gasteiger partial charge in [0.05, 0.1) is 0 Å². The molecule has 1 nitrogen and oxygen atoms in total. The van der Waals surface area contributed by atoms with Gasteiger partial charge < -0.3 is 0 Å². The summed E-state index contributed by atoms with van der Waals surface area (Å²) >= 11 is 0. The molecule has 0 rings (SSSR count). The van der Waals surface area contributed by atoms with E-state index in [4.69, 9.17) is 0 Å². The van der Waals surface area contributed by atoms with E-state index in [0.717, 1.165) is 19.3 Å². The van der Waals surface area contributed by atoms with Crippen molar-refractivity contribution in [3.05, 3.63) is 0 Å². The van der Waals surface area contributed by atoms with Crippen LogP contribution in [-0.2, 0) is 4.79 Å². The Morgan fingerprint density at radius 3 is 2.36 bits per heavy atom. The van der Waals surface area contributed by atoms with Gasteiger partial charge in [-0.1, -0.05) is 33.6 Å². The Morgan fingerprint density at radius 1 is 1.27 bits per heavy atom. The van der Waals surface area contributed by atoms with Gasteiger partial charge in [0, 0.05) is 12.3 Å². The third-order valence-electron chi connectivity index (χ3n) is 2.19. The van der Waals surface area contributed by atoms with Crippen molar-refractivity contribution in [1.82, 2.24) is 0 Å². The molecular formula is C10H20O. The van der Waals surface area contributed by atoms with E-state index in [0.29, 0.717) is 5.78 Å². The van der Waals surface area contributed by atoms with Crippen molar-refractivity contribution in [3.63, 3.8) is 0 Å². The predicted octanol–water partition coefficient (Wildman–Crippen LogP) is 3.18. The lowest BCUT2D eigenvalue weighted by Gasteiger charge is -2.05. The molecule has 0 spiro atoms. The van der Waals surface area contributed by atoms with Crippen LogP contribution in [0.1, 0.15) is 52.9 Å². The van der Waals surface area contributed by atoms with Gasteiger partial charge in [-0.15, -0.1) is 0 Å². The molecule has 0 saturated heterocycles. The number of hydrogen-bond donors (Lipinski definition) is 0. The van der Waals surface area contributed by atoms with E-state index in [2.05, 4.69) is 13.8 Å². The fourth-order valence-corrected chi connectivity index (χ4v) is 1.02. The van der Waals surface area contributed by atoms with Crippen LogP contribution in [-0.4, -0.2) is 5.78 Å². The molecule has 0 aromatic heterocycles. The second kappa shape index (κ2) is 6.38. The summed E-state index contributed by atoms with van der Waals surface area (Å²) in [6.45, 7) is 6.25. The van der Waals surface area contributed by atoms with Crippen molar-refractivity contribution < 1.29 is 4.79 Å². The number of carbonyl (C=O) groups excluding carboxylic acids is 1. The van der Waals surface area contributed by atoms with Crippen molar-refractivity contribution in [3.8, 4) is 0 Å². The van der Waals surface area contributed by atoms with Crippen molar-refractivity contribution in [2.75, 3.05) is 0 Å². The van der Waals surface area contributed by atoms with Gasteiger partial charge in [0.25, 0.3) is 0 Å². The highest BCUT2D eigenvalue weighted by Crippen LogP contribution is 2.08. The highest BCUT2D eigenvalue weighted by molar-refractivity contribution is 5.80. The number of carbonyl (C=O) groups is 1. The number of Topliss-reactive ketones (excluding diaryl/α,β-unsaturated/α-hetero) is 1. The first-order valence-electron chi connectivity index (χ1n) is 4.75. The van der Waals surface area contributed by atoms with Crippen molar-refractivity contribution in [2.45, 2.75) is 52.9 Å². The van der Waals surface area contributed by atoms with Gasteiger partial charge in [-0.05, 0) is 12.8 Å². The molecule has 66 valence electrons. The molecule has 0 aliphatic carbocycles. The van der Waals surface area contributed by atoms with Gasteiger partial charge in [-0.3, -0.25) is 4.79 Å². The van der Waals surface area contributed by atoms with Crippen LogP contribution in [0.2, 0.25) is 0 Å². The van der Waals surface area contributed by atoms with Crippen LogP contribution in [0.3, 0.4) is 0 Å². The lowest BCUT2D eigenvalue weighted by molar-refractivity contribution is -0.122. The van der Waals surface area contributed by atoms with Crippen LogP contribution in [0.25, 0.3) is 0 Å². The largest absolute Gasteiger partial charge is 0.299 e. The van der Waals surface area contributed by atoms with E-state index in [1.807, 2.05) is 6.92 Å². The van der Waals surface area contributed by atoms with E-state index < -0.39 is 0 Å². The smallest absolute Gasteiger partial charge is 0.135 e. The summed E-state index contributed by atoms with van der Waals surface area (Å²) in [6, 6.07) is 0. The van der Waals surface area contributed by atoms with Crippen LogP contribution in [0.5, 0.6) is 0 Å². The molecule has 0 aromatic carbocycles. The van der Waals surface area contributed by atoms with Gasteiger partial charge in [0.2, 0.25) is 0 Å². The molecule has 1 unspecified atom stereocenters. The Balaban J connectivity index is 3.36. The average Bonchev–Trinajstić information content (AvgIpc) is 2.03. The molecule has 0 aliphatic rings. The third-order valence-corrected chi connectivity index (χ3v) is 2.19. The molecular weight excluding hydrogens is 136 g/mol. The Hall–Kier alpha value is -0.330. The third kappa shape index (κ3) is 5.00. The van der Waals surface area contributed by atoms with Crippen LogP contribution >= 0.6 is 0 Å². The molecule has 0 amide bonds. The molecule has 0 radical (unpaired) electrons. The second-order valence-corrected chi connectivity index (χ2v) is 3.23. The fourth-order valence-electron chi connectivity index (χ4n) is 1.02. The average molecular weight is 156 g/mol. The molecule has 0 heterocycles. The molecule has 0 N–H and O–H groups in total. The first-order chi connectivity index (χ1) is 5.22. The maximum absolute atomic E-state index is 11.2. The maximum atomic E-state index is 11.2. The normalized spacial score (nSPS) is 13.0.